The SMILES string of the molecule is COc1c(C(=O)N2CCCCCC2)nnn1Cc1ccccc1. The monoisotopic (exact) mass is 314 g/mol. The van der Waals surface area contributed by atoms with E-state index < -0.39 is 0 Å². The number of carbonyl (C=O) groups is 1. The highest BCUT2D eigenvalue weighted by Gasteiger charge is 2.26. The maximum Gasteiger partial charge on any atom is 0.280 e. The molecule has 1 fully saturated rings. The van der Waals surface area contributed by atoms with Crippen molar-refractivity contribution < 1.29 is 9.53 Å². The molecule has 1 aromatic carbocycles. The number of ether oxygens (including phenoxy) is 1. The van der Waals surface area contributed by atoms with Crippen LogP contribution in [0.3, 0.4) is 0 Å². The molecule has 6 nitrogen and oxygen atoms in total. The average Bonchev–Trinajstić information content (AvgIpc) is 2.80. The van der Waals surface area contributed by atoms with Gasteiger partial charge in [0.05, 0.1) is 13.7 Å². The highest BCUT2D eigenvalue weighted by molar-refractivity contribution is 5.94. The molecule has 0 spiro atoms. The van der Waals surface area contributed by atoms with Crippen molar-refractivity contribution in [3.05, 3.63) is 41.6 Å². The molecular weight excluding hydrogens is 292 g/mol. The summed E-state index contributed by atoms with van der Waals surface area (Å²) >= 11 is 0. The quantitative estimate of drug-likeness (QED) is 0.869. The van der Waals surface area contributed by atoms with Crippen molar-refractivity contribution in [2.45, 2.75) is 32.2 Å². The van der Waals surface area contributed by atoms with E-state index in [2.05, 4.69) is 10.3 Å². The molecule has 2 heterocycles. The predicted molar refractivity (Wildman–Crippen MR) is 86.5 cm³/mol. The third kappa shape index (κ3) is 3.52. The molecule has 1 saturated heterocycles. The van der Waals surface area contributed by atoms with Crippen molar-refractivity contribution in [1.29, 1.82) is 0 Å². The van der Waals surface area contributed by atoms with Gasteiger partial charge in [0, 0.05) is 13.1 Å². The standard InChI is InChI=1S/C17H22N4O2/c1-23-17-15(16(22)20-11-7-2-3-8-12-20)18-19-21(17)13-14-9-5-4-6-10-14/h4-6,9-10H,2-3,7-8,11-13H2,1H3. The van der Waals surface area contributed by atoms with Crippen LogP contribution in [0, 0.1) is 0 Å². The van der Waals surface area contributed by atoms with Crippen molar-refractivity contribution >= 4 is 5.91 Å². The Kier molecular flexibility index (Phi) is 4.90. The first kappa shape index (κ1) is 15.5. The predicted octanol–water partition coefficient (Wildman–Crippen LogP) is 2.35. The topological polar surface area (TPSA) is 60.2 Å². The first-order chi connectivity index (χ1) is 11.3. The van der Waals surface area contributed by atoms with Crippen LogP contribution in [0.25, 0.3) is 0 Å². The Morgan fingerprint density at radius 3 is 2.48 bits per heavy atom. The molecule has 6 heteroatoms. The van der Waals surface area contributed by atoms with E-state index in [4.69, 9.17) is 4.74 Å². The Morgan fingerprint density at radius 2 is 1.83 bits per heavy atom. The van der Waals surface area contributed by atoms with Gasteiger partial charge >= 0.3 is 0 Å². The van der Waals surface area contributed by atoms with E-state index in [1.807, 2.05) is 35.2 Å². The summed E-state index contributed by atoms with van der Waals surface area (Å²) in [5.41, 5.74) is 1.40. The maximum atomic E-state index is 12.7. The van der Waals surface area contributed by atoms with Gasteiger partial charge in [0.25, 0.3) is 5.91 Å². The fourth-order valence-corrected chi connectivity index (χ4v) is 2.92. The van der Waals surface area contributed by atoms with Crippen LogP contribution < -0.4 is 4.74 Å². The number of aromatic nitrogens is 3. The molecule has 1 aliphatic rings. The van der Waals surface area contributed by atoms with Gasteiger partial charge in [-0.1, -0.05) is 48.4 Å². The maximum absolute atomic E-state index is 12.7. The van der Waals surface area contributed by atoms with Gasteiger partial charge in [-0.05, 0) is 18.4 Å². The van der Waals surface area contributed by atoms with E-state index in [0.29, 0.717) is 18.1 Å². The van der Waals surface area contributed by atoms with E-state index >= 15 is 0 Å². The molecule has 1 amide bonds. The minimum atomic E-state index is -0.0805. The molecule has 23 heavy (non-hydrogen) atoms. The fraction of sp³-hybridized carbons (Fsp3) is 0.471. The summed E-state index contributed by atoms with van der Waals surface area (Å²) in [5, 5.41) is 8.20. The van der Waals surface area contributed by atoms with E-state index in [1.165, 1.54) is 12.8 Å². The summed E-state index contributed by atoms with van der Waals surface area (Å²) in [6.07, 6.45) is 4.46. The number of carbonyl (C=O) groups excluding carboxylic acids is 1. The molecule has 0 radical (unpaired) electrons. The largest absolute Gasteiger partial charge is 0.479 e. The van der Waals surface area contributed by atoms with Crippen LogP contribution >= 0.6 is 0 Å². The second kappa shape index (κ2) is 7.26. The van der Waals surface area contributed by atoms with Gasteiger partial charge in [-0.3, -0.25) is 4.79 Å². The molecule has 3 rings (SSSR count). The number of benzene rings is 1. The average molecular weight is 314 g/mol. The summed E-state index contributed by atoms with van der Waals surface area (Å²) in [6, 6.07) is 9.94. The second-order valence-corrected chi connectivity index (χ2v) is 5.80. The highest BCUT2D eigenvalue weighted by atomic mass is 16.5. The Labute approximate surface area is 136 Å². The molecule has 1 aromatic heterocycles. The van der Waals surface area contributed by atoms with Crippen molar-refractivity contribution in [3.8, 4) is 5.88 Å². The third-order valence-corrected chi connectivity index (χ3v) is 4.15. The van der Waals surface area contributed by atoms with Crippen LogP contribution in [0.15, 0.2) is 30.3 Å². The summed E-state index contributed by atoms with van der Waals surface area (Å²) in [5.74, 6) is 0.353. The van der Waals surface area contributed by atoms with E-state index in [-0.39, 0.29) is 5.91 Å². The molecule has 0 bridgehead atoms. The van der Waals surface area contributed by atoms with Crippen molar-refractivity contribution in [3.63, 3.8) is 0 Å². The zero-order valence-electron chi connectivity index (χ0n) is 13.4. The summed E-state index contributed by atoms with van der Waals surface area (Å²) < 4.78 is 7.06. The number of nitrogens with zero attached hydrogens (tertiary/aromatic N) is 4. The number of likely N-dealkylation sites (tertiary alicyclic amines) is 1. The molecular formula is C17H22N4O2. The van der Waals surface area contributed by atoms with Crippen LogP contribution in [0.5, 0.6) is 5.88 Å². The molecule has 0 unspecified atom stereocenters. The Hall–Kier alpha value is -2.37. The molecule has 0 N–H and O–H groups in total. The lowest BCUT2D eigenvalue weighted by atomic mass is 10.2. The molecule has 1 aliphatic heterocycles. The fourth-order valence-electron chi connectivity index (χ4n) is 2.92. The lowest BCUT2D eigenvalue weighted by molar-refractivity contribution is 0.0752. The van der Waals surface area contributed by atoms with Gasteiger partial charge in [-0.25, -0.2) is 4.68 Å². The number of hydrogen-bond donors (Lipinski definition) is 0. The molecule has 2 aromatic rings. The summed E-state index contributed by atoms with van der Waals surface area (Å²) in [4.78, 5) is 14.6. The van der Waals surface area contributed by atoms with E-state index in [0.717, 1.165) is 31.5 Å². The number of amides is 1. The van der Waals surface area contributed by atoms with Gasteiger partial charge < -0.3 is 9.64 Å². The normalized spacial score (nSPS) is 15.3. The molecule has 0 saturated carbocycles. The first-order valence-corrected chi connectivity index (χ1v) is 8.10. The lowest BCUT2D eigenvalue weighted by Gasteiger charge is -2.19. The van der Waals surface area contributed by atoms with Crippen LogP contribution in [0.2, 0.25) is 0 Å². The summed E-state index contributed by atoms with van der Waals surface area (Å²) in [7, 11) is 1.55. The molecule has 122 valence electrons. The number of methoxy groups -OCH3 is 1. The van der Waals surface area contributed by atoms with E-state index in [1.54, 1.807) is 11.8 Å². The number of hydrogen-bond acceptors (Lipinski definition) is 4. The van der Waals surface area contributed by atoms with Gasteiger partial charge in [-0.2, -0.15) is 0 Å². The molecule has 0 aliphatic carbocycles. The zero-order valence-corrected chi connectivity index (χ0v) is 13.4. The lowest BCUT2D eigenvalue weighted by Crippen LogP contribution is -2.32. The zero-order chi connectivity index (χ0) is 16.1. The van der Waals surface area contributed by atoms with Gasteiger partial charge in [0.2, 0.25) is 11.6 Å². The Balaban J connectivity index is 1.81. The van der Waals surface area contributed by atoms with Crippen molar-refractivity contribution in [2.24, 2.45) is 0 Å². The van der Waals surface area contributed by atoms with Crippen molar-refractivity contribution in [2.75, 3.05) is 20.2 Å². The van der Waals surface area contributed by atoms with Gasteiger partial charge in [-0.15, -0.1) is 5.10 Å². The summed E-state index contributed by atoms with van der Waals surface area (Å²) in [6.45, 7) is 2.10. The highest BCUT2D eigenvalue weighted by Crippen LogP contribution is 2.20. The van der Waals surface area contributed by atoms with Crippen LogP contribution in [0.1, 0.15) is 41.7 Å². The molecule has 0 atom stereocenters. The van der Waals surface area contributed by atoms with Gasteiger partial charge in [0.15, 0.2) is 0 Å². The van der Waals surface area contributed by atoms with E-state index in [9.17, 15) is 4.79 Å². The van der Waals surface area contributed by atoms with Gasteiger partial charge in [0.1, 0.15) is 0 Å². The Bertz CT molecular complexity index is 646. The number of rotatable bonds is 4. The third-order valence-electron chi connectivity index (χ3n) is 4.15. The second-order valence-electron chi connectivity index (χ2n) is 5.80. The van der Waals surface area contributed by atoms with Crippen LogP contribution in [-0.2, 0) is 6.54 Å². The Morgan fingerprint density at radius 1 is 1.13 bits per heavy atom. The minimum Gasteiger partial charge on any atom is -0.479 e. The van der Waals surface area contributed by atoms with Crippen LogP contribution in [0.4, 0.5) is 0 Å². The van der Waals surface area contributed by atoms with Crippen LogP contribution in [-0.4, -0.2) is 46.0 Å². The minimum absolute atomic E-state index is 0.0805. The first-order valence-electron chi connectivity index (χ1n) is 8.10. The smallest absolute Gasteiger partial charge is 0.280 e. The van der Waals surface area contributed by atoms with Crippen molar-refractivity contribution in [1.82, 2.24) is 19.9 Å².